The maximum absolute atomic E-state index is 12.1. The summed E-state index contributed by atoms with van der Waals surface area (Å²) in [5.74, 6) is -0.0275. The number of nitrogens with one attached hydrogen (secondary N) is 1. The third kappa shape index (κ3) is 6.44. The van der Waals surface area contributed by atoms with Crippen LogP contribution in [0.1, 0.15) is 70.6 Å². The van der Waals surface area contributed by atoms with Crippen LogP contribution in [0.25, 0.3) is 0 Å². The maximum Gasteiger partial charge on any atom is 0.328 e. The summed E-state index contributed by atoms with van der Waals surface area (Å²) in [4.78, 5) is 48.5. The van der Waals surface area contributed by atoms with Crippen molar-refractivity contribution >= 4 is 11.6 Å². The van der Waals surface area contributed by atoms with E-state index in [4.69, 9.17) is 0 Å². The highest BCUT2D eigenvalue weighted by Crippen LogP contribution is 2.23. The van der Waals surface area contributed by atoms with E-state index in [0.717, 1.165) is 57.8 Å². The van der Waals surface area contributed by atoms with Crippen molar-refractivity contribution in [2.75, 3.05) is 0 Å². The fourth-order valence-electron chi connectivity index (χ4n) is 3.41. The smallest absolute Gasteiger partial charge is 0.301 e. The lowest BCUT2D eigenvalue weighted by atomic mass is 9.83. The molecule has 25 heavy (non-hydrogen) atoms. The van der Waals surface area contributed by atoms with Crippen LogP contribution in [0.15, 0.2) is 21.9 Å². The molecule has 0 saturated heterocycles. The Hall–Kier alpha value is -1.98. The molecule has 6 nitrogen and oxygen atoms in total. The Balaban J connectivity index is 1.52. The number of aromatic amines is 1. The Kier molecular flexibility index (Phi) is 7.82. The van der Waals surface area contributed by atoms with Crippen molar-refractivity contribution in [1.29, 1.82) is 0 Å². The van der Waals surface area contributed by atoms with Gasteiger partial charge in [-0.15, -0.1) is 0 Å². The van der Waals surface area contributed by atoms with Crippen molar-refractivity contribution < 1.29 is 9.59 Å². The molecule has 0 spiro atoms. The van der Waals surface area contributed by atoms with Gasteiger partial charge in [-0.2, -0.15) is 0 Å². The molecule has 0 bridgehead atoms. The highest BCUT2D eigenvalue weighted by Gasteiger charge is 2.27. The third-order valence-electron chi connectivity index (χ3n) is 4.91. The van der Waals surface area contributed by atoms with Gasteiger partial charge >= 0.3 is 5.69 Å². The van der Waals surface area contributed by atoms with Gasteiger partial charge in [-0.25, -0.2) is 4.79 Å². The standard InChI is InChI=1S/C19H28N2O4/c22-16(15-9-6-7-11-17(15)23)10-5-3-1-2-4-8-13-21-14-12-18(24)20-19(21)25/h12,14-15H,1-11,13H2,(H,20,24,25). The number of nitrogens with zero attached hydrogens (tertiary/aromatic N) is 1. The molecule has 1 aliphatic carbocycles. The quantitative estimate of drug-likeness (QED) is 0.520. The predicted molar refractivity (Wildman–Crippen MR) is 95.6 cm³/mol. The molecule has 138 valence electrons. The molecule has 0 aromatic carbocycles. The zero-order valence-corrected chi connectivity index (χ0v) is 14.8. The van der Waals surface area contributed by atoms with Gasteiger partial charge in [0.15, 0.2) is 0 Å². The van der Waals surface area contributed by atoms with Crippen LogP contribution < -0.4 is 11.2 Å². The molecule has 1 aliphatic rings. The topological polar surface area (TPSA) is 89.0 Å². The van der Waals surface area contributed by atoms with E-state index in [1.54, 1.807) is 0 Å². The Morgan fingerprint density at radius 3 is 2.48 bits per heavy atom. The SMILES string of the molecule is O=C(CCCCCCCCn1ccc(=O)[nH]c1=O)C1CCCCC1=O. The molecule has 0 amide bonds. The first-order valence-electron chi connectivity index (χ1n) is 9.43. The fourth-order valence-corrected chi connectivity index (χ4v) is 3.41. The summed E-state index contributed by atoms with van der Waals surface area (Å²) in [6.07, 6.45) is 11.2. The van der Waals surface area contributed by atoms with Crippen molar-refractivity contribution in [1.82, 2.24) is 9.55 Å². The van der Waals surface area contributed by atoms with E-state index in [9.17, 15) is 19.2 Å². The highest BCUT2D eigenvalue weighted by atomic mass is 16.2. The van der Waals surface area contributed by atoms with Crippen LogP contribution in [0, 0.1) is 5.92 Å². The molecule has 0 radical (unpaired) electrons. The molecule has 6 heteroatoms. The molecule has 2 rings (SSSR count). The number of ketones is 2. The van der Waals surface area contributed by atoms with E-state index in [1.165, 1.54) is 16.8 Å². The maximum atomic E-state index is 12.1. The summed E-state index contributed by atoms with van der Waals surface area (Å²) in [5.41, 5.74) is -0.728. The number of aryl methyl sites for hydroxylation is 1. The Morgan fingerprint density at radius 1 is 1.04 bits per heavy atom. The van der Waals surface area contributed by atoms with Crippen molar-refractivity contribution in [3.63, 3.8) is 0 Å². The first-order valence-corrected chi connectivity index (χ1v) is 9.43. The van der Waals surface area contributed by atoms with Crippen molar-refractivity contribution in [2.24, 2.45) is 5.92 Å². The van der Waals surface area contributed by atoms with Crippen molar-refractivity contribution in [2.45, 2.75) is 77.2 Å². The van der Waals surface area contributed by atoms with Gasteiger partial charge in [0.25, 0.3) is 5.56 Å². The molecule has 1 fully saturated rings. The first kappa shape index (κ1) is 19.3. The van der Waals surface area contributed by atoms with Crippen LogP contribution in [0.3, 0.4) is 0 Å². The monoisotopic (exact) mass is 348 g/mol. The molecular weight excluding hydrogens is 320 g/mol. The minimum atomic E-state index is -0.370. The molecule has 1 atom stereocenters. The molecular formula is C19H28N2O4. The van der Waals surface area contributed by atoms with Crippen molar-refractivity contribution in [3.8, 4) is 0 Å². The molecule has 1 unspecified atom stereocenters. The van der Waals surface area contributed by atoms with E-state index >= 15 is 0 Å². The van der Waals surface area contributed by atoms with Gasteiger partial charge in [0, 0.05) is 31.6 Å². The van der Waals surface area contributed by atoms with E-state index in [-0.39, 0.29) is 28.7 Å². The summed E-state index contributed by atoms with van der Waals surface area (Å²) >= 11 is 0. The molecule has 1 heterocycles. The Bertz CT molecular complexity index is 689. The minimum Gasteiger partial charge on any atom is -0.301 e. The second-order valence-corrected chi connectivity index (χ2v) is 6.91. The van der Waals surface area contributed by atoms with Gasteiger partial charge in [-0.3, -0.25) is 19.4 Å². The molecule has 0 aliphatic heterocycles. The Labute approximate surface area is 147 Å². The fraction of sp³-hybridized carbons (Fsp3) is 0.684. The zero-order chi connectivity index (χ0) is 18.1. The molecule has 1 N–H and O–H groups in total. The predicted octanol–water partition coefficient (Wildman–Crippen LogP) is 2.60. The summed E-state index contributed by atoms with van der Waals surface area (Å²) in [6, 6.07) is 1.36. The summed E-state index contributed by atoms with van der Waals surface area (Å²) in [6.45, 7) is 0.609. The summed E-state index contributed by atoms with van der Waals surface area (Å²) in [7, 11) is 0. The lowest BCUT2D eigenvalue weighted by Gasteiger charge is -2.19. The van der Waals surface area contributed by atoms with Crippen molar-refractivity contribution in [3.05, 3.63) is 33.1 Å². The molecule has 1 aromatic rings. The van der Waals surface area contributed by atoms with Gasteiger partial charge in [-0.1, -0.05) is 32.1 Å². The second-order valence-electron chi connectivity index (χ2n) is 6.91. The number of hydrogen-bond acceptors (Lipinski definition) is 4. The zero-order valence-electron chi connectivity index (χ0n) is 14.8. The average molecular weight is 348 g/mol. The van der Waals surface area contributed by atoms with Crippen LogP contribution >= 0.6 is 0 Å². The van der Waals surface area contributed by atoms with Crippen LogP contribution in [0.5, 0.6) is 0 Å². The third-order valence-corrected chi connectivity index (χ3v) is 4.91. The number of carbonyl (C=O) groups is 2. The second kappa shape index (κ2) is 10.1. The number of carbonyl (C=O) groups excluding carboxylic acids is 2. The summed E-state index contributed by atoms with van der Waals surface area (Å²) in [5, 5.41) is 0. The number of hydrogen-bond donors (Lipinski definition) is 1. The normalized spacial score (nSPS) is 17.6. The Morgan fingerprint density at radius 2 is 1.76 bits per heavy atom. The molecule has 1 saturated carbocycles. The van der Waals surface area contributed by atoms with E-state index in [1.807, 2.05) is 0 Å². The largest absolute Gasteiger partial charge is 0.328 e. The number of aromatic nitrogens is 2. The van der Waals surface area contributed by atoms with Crippen LogP contribution in [0.2, 0.25) is 0 Å². The van der Waals surface area contributed by atoms with Gasteiger partial charge in [0.1, 0.15) is 11.6 Å². The summed E-state index contributed by atoms with van der Waals surface area (Å²) < 4.78 is 1.52. The number of rotatable bonds is 10. The first-order chi connectivity index (χ1) is 12.1. The average Bonchev–Trinajstić information content (AvgIpc) is 2.59. The van der Waals surface area contributed by atoms with E-state index < -0.39 is 0 Å². The van der Waals surface area contributed by atoms with E-state index in [0.29, 0.717) is 19.4 Å². The van der Waals surface area contributed by atoms with Gasteiger partial charge < -0.3 is 4.57 Å². The number of H-pyrrole nitrogens is 1. The van der Waals surface area contributed by atoms with E-state index in [2.05, 4.69) is 4.98 Å². The minimum absolute atomic E-state index is 0.141. The highest BCUT2D eigenvalue weighted by molar-refractivity contribution is 6.02. The lowest BCUT2D eigenvalue weighted by molar-refractivity contribution is -0.134. The van der Waals surface area contributed by atoms with Crippen LogP contribution in [0.4, 0.5) is 0 Å². The van der Waals surface area contributed by atoms with Gasteiger partial charge in [0.2, 0.25) is 0 Å². The number of Topliss-reactive ketones (excluding diaryl/α,β-unsaturated/α-hetero) is 2. The van der Waals surface area contributed by atoms with Gasteiger partial charge in [0.05, 0.1) is 5.92 Å². The van der Waals surface area contributed by atoms with Crippen LogP contribution in [-0.2, 0) is 16.1 Å². The lowest BCUT2D eigenvalue weighted by Crippen LogP contribution is -2.28. The number of unbranched alkanes of at least 4 members (excludes halogenated alkanes) is 5. The van der Waals surface area contributed by atoms with Gasteiger partial charge in [-0.05, 0) is 25.7 Å². The van der Waals surface area contributed by atoms with Crippen LogP contribution in [-0.4, -0.2) is 21.1 Å². The molecule has 1 aromatic heterocycles.